The molecule has 2 rings (SSSR count). The lowest BCUT2D eigenvalue weighted by molar-refractivity contribution is 0.677. The monoisotopic (exact) mass is 255 g/mol. The van der Waals surface area contributed by atoms with Crippen molar-refractivity contribution in [3.63, 3.8) is 0 Å². The number of nitrogens with two attached hydrogens (primary N) is 1. The molecule has 1 atom stereocenters. The third-order valence-electron chi connectivity index (χ3n) is 3.42. The number of aryl methyl sites for hydroxylation is 2. The van der Waals surface area contributed by atoms with Crippen LogP contribution in [0.4, 0.5) is 5.69 Å². The molecule has 0 spiro atoms. The predicted molar refractivity (Wildman–Crippen MR) is 80.4 cm³/mol. The number of hydrogen-bond donors (Lipinski definition) is 1. The Morgan fingerprint density at radius 1 is 1.21 bits per heavy atom. The van der Waals surface area contributed by atoms with Gasteiger partial charge >= 0.3 is 0 Å². The summed E-state index contributed by atoms with van der Waals surface area (Å²) < 4.78 is 0. The van der Waals surface area contributed by atoms with Crippen LogP contribution in [0, 0.1) is 13.8 Å². The van der Waals surface area contributed by atoms with Gasteiger partial charge in [-0.05, 0) is 43.2 Å². The van der Waals surface area contributed by atoms with Crippen LogP contribution in [0.2, 0.25) is 0 Å². The Hall–Kier alpha value is -1.87. The van der Waals surface area contributed by atoms with Crippen molar-refractivity contribution < 1.29 is 0 Å². The molecule has 0 aliphatic heterocycles. The average molecular weight is 255 g/mol. The second kappa shape index (κ2) is 5.85. The summed E-state index contributed by atoms with van der Waals surface area (Å²) in [5.74, 6) is 0. The number of pyridine rings is 1. The van der Waals surface area contributed by atoms with Crippen LogP contribution >= 0.6 is 0 Å². The highest BCUT2D eigenvalue weighted by atomic mass is 15.1. The molecule has 0 aliphatic carbocycles. The molecular formula is C16H21N3. The first-order valence-corrected chi connectivity index (χ1v) is 6.54. The zero-order valence-corrected chi connectivity index (χ0v) is 11.8. The van der Waals surface area contributed by atoms with Crippen molar-refractivity contribution in [2.45, 2.75) is 19.9 Å². The summed E-state index contributed by atoms with van der Waals surface area (Å²) in [6, 6.07) is 12.7. The zero-order chi connectivity index (χ0) is 13.8. The number of rotatable bonds is 4. The van der Waals surface area contributed by atoms with Gasteiger partial charge in [-0.15, -0.1) is 0 Å². The molecule has 100 valence electrons. The maximum atomic E-state index is 5.95. The molecule has 1 aromatic heterocycles. The van der Waals surface area contributed by atoms with E-state index < -0.39 is 0 Å². The smallest absolute Gasteiger partial charge is 0.0676 e. The van der Waals surface area contributed by atoms with Crippen molar-refractivity contribution in [2.75, 3.05) is 18.5 Å². The summed E-state index contributed by atoms with van der Waals surface area (Å²) in [6.07, 6.45) is 1.92. The SMILES string of the molecule is Cc1cccc(N(C)C(CN)c2ccc(C)nc2)c1. The lowest BCUT2D eigenvalue weighted by Gasteiger charge is -2.29. The first-order valence-electron chi connectivity index (χ1n) is 6.54. The molecule has 0 saturated heterocycles. The molecule has 2 N–H and O–H groups in total. The molecule has 2 aromatic rings. The topological polar surface area (TPSA) is 42.1 Å². The Morgan fingerprint density at radius 3 is 2.58 bits per heavy atom. The third kappa shape index (κ3) is 3.12. The summed E-state index contributed by atoms with van der Waals surface area (Å²) in [6.45, 7) is 4.66. The van der Waals surface area contributed by atoms with E-state index >= 15 is 0 Å². The fourth-order valence-corrected chi connectivity index (χ4v) is 2.22. The maximum absolute atomic E-state index is 5.95. The highest BCUT2D eigenvalue weighted by Crippen LogP contribution is 2.25. The molecule has 1 unspecified atom stereocenters. The van der Waals surface area contributed by atoms with Crippen molar-refractivity contribution in [2.24, 2.45) is 5.73 Å². The van der Waals surface area contributed by atoms with Crippen LogP contribution in [0.15, 0.2) is 42.6 Å². The van der Waals surface area contributed by atoms with Crippen molar-refractivity contribution >= 4 is 5.69 Å². The van der Waals surface area contributed by atoms with E-state index in [0.29, 0.717) is 6.54 Å². The third-order valence-corrected chi connectivity index (χ3v) is 3.42. The first kappa shape index (κ1) is 13.6. The molecule has 0 amide bonds. The standard InChI is InChI=1S/C16H21N3/c1-12-5-4-6-15(9-12)19(3)16(10-17)14-8-7-13(2)18-11-14/h4-9,11,16H,10,17H2,1-3H3. The van der Waals surface area contributed by atoms with Gasteiger partial charge in [0, 0.05) is 31.2 Å². The van der Waals surface area contributed by atoms with Gasteiger partial charge < -0.3 is 10.6 Å². The summed E-state index contributed by atoms with van der Waals surface area (Å²) >= 11 is 0. The van der Waals surface area contributed by atoms with E-state index in [2.05, 4.69) is 54.2 Å². The second-order valence-corrected chi connectivity index (χ2v) is 4.93. The fourth-order valence-electron chi connectivity index (χ4n) is 2.22. The summed E-state index contributed by atoms with van der Waals surface area (Å²) in [7, 11) is 2.08. The highest BCUT2D eigenvalue weighted by molar-refractivity contribution is 5.50. The lowest BCUT2D eigenvalue weighted by Crippen LogP contribution is -2.30. The van der Waals surface area contributed by atoms with Crippen LogP contribution in [-0.2, 0) is 0 Å². The van der Waals surface area contributed by atoms with Gasteiger partial charge in [-0.25, -0.2) is 0 Å². The van der Waals surface area contributed by atoms with Crippen LogP contribution in [0.1, 0.15) is 22.9 Å². The minimum Gasteiger partial charge on any atom is -0.366 e. The normalized spacial score (nSPS) is 12.2. The molecule has 0 bridgehead atoms. The fraction of sp³-hybridized carbons (Fsp3) is 0.312. The molecule has 0 saturated carbocycles. The number of likely N-dealkylation sites (N-methyl/N-ethyl adjacent to an activating group) is 1. The minimum absolute atomic E-state index is 0.148. The number of benzene rings is 1. The van der Waals surface area contributed by atoms with Crippen molar-refractivity contribution in [1.82, 2.24) is 4.98 Å². The Balaban J connectivity index is 2.28. The summed E-state index contributed by atoms with van der Waals surface area (Å²) in [5.41, 5.74) is 10.6. The lowest BCUT2D eigenvalue weighted by atomic mass is 10.1. The molecule has 0 fully saturated rings. The van der Waals surface area contributed by atoms with E-state index in [1.807, 2.05) is 19.2 Å². The van der Waals surface area contributed by atoms with Gasteiger partial charge in [0.1, 0.15) is 0 Å². The molecule has 0 aliphatic rings. The van der Waals surface area contributed by atoms with Crippen LogP contribution in [0.25, 0.3) is 0 Å². The number of anilines is 1. The summed E-state index contributed by atoms with van der Waals surface area (Å²) in [4.78, 5) is 6.57. The number of nitrogens with zero attached hydrogens (tertiary/aromatic N) is 2. The molecule has 0 radical (unpaired) electrons. The van der Waals surface area contributed by atoms with E-state index in [9.17, 15) is 0 Å². The van der Waals surface area contributed by atoms with Gasteiger partial charge in [0.2, 0.25) is 0 Å². The largest absolute Gasteiger partial charge is 0.366 e. The van der Waals surface area contributed by atoms with Crippen molar-refractivity contribution in [1.29, 1.82) is 0 Å². The van der Waals surface area contributed by atoms with E-state index in [1.165, 1.54) is 11.3 Å². The number of aromatic nitrogens is 1. The summed E-state index contributed by atoms with van der Waals surface area (Å²) in [5, 5.41) is 0. The molecular weight excluding hydrogens is 234 g/mol. The van der Waals surface area contributed by atoms with Crippen LogP contribution in [0.5, 0.6) is 0 Å². The quantitative estimate of drug-likeness (QED) is 0.913. The van der Waals surface area contributed by atoms with Gasteiger partial charge in [0.15, 0.2) is 0 Å². The Morgan fingerprint density at radius 2 is 2.00 bits per heavy atom. The van der Waals surface area contributed by atoms with Gasteiger partial charge in [0.25, 0.3) is 0 Å². The Kier molecular flexibility index (Phi) is 4.17. The van der Waals surface area contributed by atoms with Gasteiger partial charge in [0.05, 0.1) is 6.04 Å². The predicted octanol–water partition coefficient (Wildman–Crippen LogP) is 2.83. The molecule has 3 nitrogen and oxygen atoms in total. The minimum atomic E-state index is 0.148. The van der Waals surface area contributed by atoms with Crippen molar-refractivity contribution in [3.8, 4) is 0 Å². The second-order valence-electron chi connectivity index (χ2n) is 4.93. The van der Waals surface area contributed by atoms with Gasteiger partial charge in [-0.2, -0.15) is 0 Å². The molecule has 1 heterocycles. The van der Waals surface area contributed by atoms with E-state index in [0.717, 1.165) is 11.3 Å². The van der Waals surface area contributed by atoms with E-state index in [-0.39, 0.29) is 6.04 Å². The Bertz CT molecular complexity index is 534. The molecule has 3 heteroatoms. The first-order chi connectivity index (χ1) is 9.11. The van der Waals surface area contributed by atoms with Gasteiger partial charge in [-0.3, -0.25) is 4.98 Å². The van der Waals surface area contributed by atoms with E-state index in [4.69, 9.17) is 5.73 Å². The van der Waals surface area contributed by atoms with Crippen LogP contribution in [-0.4, -0.2) is 18.6 Å². The molecule has 19 heavy (non-hydrogen) atoms. The maximum Gasteiger partial charge on any atom is 0.0676 e. The average Bonchev–Trinajstić information content (AvgIpc) is 2.41. The van der Waals surface area contributed by atoms with Gasteiger partial charge in [-0.1, -0.05) is 18.2 Å². The molecule has 1 aromatic carbocycles. The van der Waals surface area contributed by atoms with Crippen molar-refractivity contribution in [3.05, 3.63) is 59.4 Å². The Labute approximate surface area is 115 Å². The highest BCUT2D eigenvalue weighted by Gasteiger charge is 2.16. The van der Waals surface area contributed by atoms with Crippen LogP contribution in [0.3, 0.4) is 0 Å². The van der Waals surface area contributed by atoms with Crippen LogP contribution < -0.4 is 10.6 Å². The van der Waals surface area contributed by atoms with E-state index in [1.54, 1.807) is 0 Å². The zero-order valence-electron chi connectivity index (χ0n) is 11.8. The number of hydrogen-bond acceptors (Lipinski definition) is 3.